The second-order valence-electron chi connectivity index (χ2n) is 5.28. The van der Waals surface area contributed by atoms with E-state index in [0.29, 0.717) is 5.69 Å². The SMILES string of the molecule is CCN1CCOC(Cn2cncc2-c2cnccc2N)C1. The third-order valence-corrected chi connectivity index (χ3v) is 3.91. The molecule has 112 valence electrons. The normalized spacial score (nSPS) is 19.8. The van der Waals surface area contributed by atoms with E-state index in [4.69, 9.17) is 10.5 Å². The Kier molecular flexibility index (Phi) is 4.17. The molecule has 3 rings (SSSR count). The molecule has 2 aromatic heterocycles. The minimum Gasteiger partial charge on any atom is -0.398 e. The van der Waals surface area contributed by atoms with Gasteiger partial charge in [0, 0.05) is 36.7 Å². The Labute approximate surface area is 124 Å². The first-order valence-electron chi connectivity index (χ1n) is 7.32. The fourth-order valence-corrected chi connectivity index (χ4v) is 2.71. The number of imidazole rings is 1. The highest BCUT2D eigenvalue weighted by atomic mass is 16.5. The third kappa shape index (κ3) is 3.06. The number of likely N-dealkylation sites (N-methyl/N-ethyl adjacent to an activating group) is 1. The zero-order chi connectivity index (χ0) is 14.7. The summed E-state index contributed by atoms with van der Waals surface area (Å²) in [7, 11) is 0. The van der Waals surface area contributed by atoms with Crippen LogP contribution in [0.25, 0.3) is 11.3 Å². The number of nitrogens with zero attached hydrogens (tertiary/aromatic N) is 4. The van der Waals surface area contributed by atoms with E-state index in [1.165, 1.54) is 0 Å². The van der Waals surface area contributed by atoms with Crippen molar-refractivity contribution in [3.8, 4) is 11.3 Å². The number of ether oxygens (including phenoxy) is 1. The van der Waals surface area contributed by atoms with Gasteiger partial charge in [-0.3, -0.25) is 9.88 Å². The van der Waals surface area contributed by atoms with Crippen LogP contribution in [0.2, 0.25) is 0 Å². The summed E-state index contributed by atoms with van der Waals surface area (Å²) in [6.45, 7) is 6.78. The largest absolute Gasteiger partial charge is 0.398 e. The Morgan fingerprint density at radius 1 is 1.38 bits per heavy atom. The van der Waals surface area contributed by atoms with E-state index in [0.717, 1.165) is 44.0 Å². The molecule has 1 aliphatic rings. The summed E-state index contributed by atoms with van der Waals surface area (Å²) < 4.78 is 7.96. The summed E-state index contributed by atoms with van der Waals surface area (Å²) in [6, 6.07) is 1.81. The molecule has 21 heavy (non-hydrogen) atoms. The molecule has 1 fully saturated rings. The van der Waals surface area contributed by atoms with Crippen LogP contribution in [-0.2, 0) is 11.3 Å². The average molecular weight is 287 g/mol. The van der Waals surface area contributed by atoms with Gasteiger partial charge >= 0.3 is 0 Å². The van der Waals surface area contributed by atoms with Crippen molar-refractivity contribution in [2.75, 3.05) is 32.0 Å². The van der Waals surface area contributed by atoms with Gasteiger partial charge in [0.15, 0.2) is 0 Å². The standard InChI is InChI=1S/C15H21N5O/c1-2-19-5-6-21-12(9-19)10-20-11-18-8-15(20)13-7-17-4-3-14(13)16/h3-4,7-8,11-12H,2,5-6,9-10H2,1H3,(H2,16,17). The van der Waals surface area contributed by atoms with Crippen LogP contribution in [0.15, 0.2) is 31.0 Å². The second-order valence-corrected chi connectivity index (χ2v) is 5.28. The Hall–Kier alpha value is -1.92. The van der Waals surface area contributed by atoms with E-state index < -0.39 is 0 Å². The van der Waals surface area contributed by atoms with Gasteiger partial charge in [-0.15, -0.1) is 0 Å². The molecule has 1 unspecified atom stereocenters. The lowest BCUT2D eigenvalue weighted by atomic mass is 10.2. The van der Waals surface area contributed by atoms with E-state index in [9.17, 15) is 0 Å². The summed E-state index contributed by atoms with van der Waals surface area (Å²) in [5, 5.41) is 0. The van der Waals surface area contributed by atoms with Crippen LogP contribution in [0.3, 0.4) is 0 Å². The van der Waals surface area contributed by atoms with Gasteiger partial charge in [-0.05, 0) is 12.6 Å². The van der Waals surface area contributed by atoms with Gasteiger partial charge in [-0.2, -0.15) is 0 Å². The molecule has 0 spiro atoms. The molecule has 6 nitrogen and oxygen atoms in total. The molecule has 0 saturated carbocycles. The zero-order valence-electron chi connectivity index (χ0n) is 12.3. The number of nitrogen functional groups attached to an aromatic ring is 1. The molecule has 3 heterocycles. The number of pyridine rings is 1. The Morgan fingerprint density at radius 3 is 3.10 bits per heavy atom. The van der Waals surface area contributed by atoms with Crippen molar-refractivity contribution in [3.63, 3.8) is 0 Å². The highest BCUT2D eigenvalue weighted by Gasteiger charge is 2.21. The van der Waals surface area contributed by atoms with E-state index in [1.54, 1.807) is 12.4 Å². The number of nitrogens with two attached hydrogens (primary N) is 1. The zero-order valence-corrected chi connectivity index (χ0v) is 12.3. The van der Waals surface area contributed by atoms with Crippen molar-refractivity contribution in [2.24, 2.45) is 0 Å². The number of anilines is 1. The summed E-state index contributed by atoms with van der Waals surface area (Å²) in [4.78, 5) is 10.8. The number of hydrogen-bond acceptors (Lipinski definition) is 5. The molecular weight excluding hydrogens is 266 g/mol. The van der Waals surface area contributed by atoms with Crippen LogP contribution in [0.5, 0.6) is 0 Å². The topological polar surface area (TPSA) is 69.2 Å². The molecule has 2 aromatic rings. The van der Waals surface area contributed by atoms with Crippen molar-refractivity contribution < 1.29 is 4.74 Å². The lowest BCUT2D eigenvalue weighted by Gasteiger charge is -2.32. The van der Waals surface area contributed by atoms with Crippen LogP contribution in [0.4, 0.5) is 5.69 Å². The fourth-order valence-electron chi connectivity index (χ4n) is 2.71. The van der Waals surface area contributed by atoms with Crippen molar-refractivity contribution in [2.45, 2.75) is 19.6 Å². The molecule has 0 aliphatic carbocycles. The molecule has 2 N–H and O–H groups in total. The lowest BCUT2D eigenvalue weighted by molar-refractivity contribution is -0.0341. The quantitative estimate of drug-likeness (QED) is 0.916. The second kappa shape index (κ2) is 6.24. The van der Waals surface area contributed by atoms with Gasteiger partial charge in [0.2, 0.25) is 0 Å². The summed E-state index contributed by atoms with van der Waals surface area (Å²) in [6.07, 6.45) is 7.32. The van der Waals surface area contributed by atoms with E-state index in [2.05, 4.69) is 26.4 Å². The smallest absolute Gasteiger partial charge is 0.0951 e. The average Bonchev–Trinajstić information content (AvgIpc) is 2.96. The molecule has 6 heteroatoms. The third-order valence-electron chi connectivity index (χ3n) is 3.91. The minimum atomic E-state index is 0.185. The summed E-state index contributed by atoms with van der Waals surface area (Å²) >= 11 is 0. The first-order valence-corrected chi connectivity index (χ1v) is 7.32. The molecule has 0 bridgehead atoms. The first kappa shape index (κ1) is 14.0. The molecule has 1 saturated heterocycles. The molecule has 1 aliphatic heterocycles. The number of aromatic nitrogens is 3. The highest BCUT2D eigenvalue weighted by molar-refractivity contribution is 5.72. The molecule has 0 aromatic carbocycles. The molecule has 1 atom stereocenters. The van der Waals surface area contributed by atoms with E-state index in [1.807, 2.05) is 18.6 Å². The monoisotopic (exact) mass is 287 g/mol. The van der Waals surface area contributed by atoms with Crippen LogP contribution in [0, 0.1) is 0 Å². The number of morpholine rings is 1. The van der Waals surface area contributed by atoms with Gasteiger partial charge in [-0.25, -0.2) is 4.98 Å². The first-order chi connectivity index (χ1) is 10.3. The van der Waals surface area contributed by atoms with Crippen LogP contribution >= 0.6 is 0 Å². The molecule has 0 amide bonds. The van der Waals surface area contributed by atoms with E-state index >= 15 is 0 Å². The predicted molar refractivity (Wildman–Crippen MR) is 81.7 cm³/mol. The minimum absolute atomic E-state index is 0.185. The van der Waals surface area contributed by atoms with Crippen molar-refractivity contribution in [1.29, 1.82) is 0 Å². The van der Waals surface area contributed by atoms with Gasteiger partial charge < -0.3 is 15.0 Å². The van der Waals surface area contributed by atoms with Crippen molar-refractivity contribution in [1.82, 2.24) is 19.4 Å². The molecule has 0 radical (unpaired) electrons. The van der Waals surface area contributed by atoms with Crippen molar-refractivity contribution >= 4 is 5.69 Å². The maximum Gasteiger partial charge on any atom is 0.0951 e. The summed E-state index contributed by atoms with van der Waals surface area (Å²) in [5.74, 6) is 0. The van der Waals surface area contributed by atoms with Crippen LogP contribution in [0.1, 0.15) is 6.92 Å². The highest BCUT2D eigenvalue weighted by Crippen LogP contribution is 2.24. The fraction of sp³-hybridized carbons (Fsp3) is 0.467. The molecular formula is C15H21N5O. The van der Waals surface area contributed by atoms with Crippen molar-refractivity contribution in [3.05, 3.63) is 31.0 Å². The predicted octanol–water partition coefficient (Wildman–Crippen LogP) is 1.25. The Morgan fingerprint density at radius 2 is 2.29 bits per heavy atom. The maximum absolute atomic E-state index is 6.04. The number of rotatable bonds is 4. The lowest BCUT2D eigenvalue weighted by Crippen LogP contribution is -2.43. The van der Waals surface area contributed by atoms with Crippen LogP contribution < -0.4 is 5.73 Å². The van der Waals surface area contributed by atoms with Gasteiger partial charge in [-0.1, -0.05) is 6.92 Å². The van der Waals surface area contributed by atoms with Gasteiger partial charge in [0.25, 0.3) is 0 Å². The summed E-state index contributed by atoms with van der Waals surface area (Å²) in [5.41, 5.74) is 8.65. The Balaban J connectivity index is 1.78. The van der Waals surface area contributed by atoms with E-state index in [-0.39, 0.29) is 6.10 Å². The number of hydrogen-bond donors (Lipinski definition) is 1. The maximum atomic E-state index is 6.04. The Bertz CT molecular complexity index is 597. The van der Waals surface area contributed by atoms with Crippen LogP contribution in [-0.4, -0.2) is 51.8 Å². The van der Waals surface area contributed by atoms with Gasteiger partial charge in [0.05, 0.1) is 37.5 Å². The van der Waals surface area contributed by atoms with Gasteiger partial charge in [0.1, 0.15) is 0 Å².